The highest BCUT2D eigenvalue weighted by Gasteiger charge is 2.10. The summed E-state index contributed by atoms with van der Waals surface area (Å²) < 4.78 is 10.4. The number of thioether (sulfide) groups is 1. The van der Waals surface area contributed by atoms with E-state index in [9.17, 15) is 4.79 Å². The second-order valence-electron chi connectivity index (χ2n) is 4.14. The van der Waals surface area contributed by atoms with Gasteiger partial charge in [0.2, 0.25) is 5.91 Å². The predicted octanol–water partition coefficient (Wildman–Crippen LogP) is 2.91. The molecule has 0 saturated carbocycles. The number of nitrogens with one attached hydrogen (secondary N) is 1. The van der Waals surface area contributed by atoms with Gasteiger partial charge >= 0.3 is 0 Å². The number of ether oxygens (including phenoxy) is 1. The molecule has 0 fully saturated rings. The van der Waals surface area contributed by atoms with Gasteiger partial charge in [0.05, 0.1) is 24.8 Å². The van der Waals surface area contributed by atoms with Crippen molar-refractivity contribution >= 4 is 29.0 Å². The summed E-state index contributed by atoms with van der Waals surface area (Å²) in [5, 5.41) is 2.79. The molecule has 0 bridgehead atoms. The Morgan fingerprint density at radius 3 is 2.90 bits per heavy atom. The predicted molar refractivity (Wildman–Crippen MR) is 80.2 cm³/mol. The second kappa shape index (κ2) is 6.38. The smallest absolute Gasteiger partial charge is 0.234 e. The molecule has 0 unspecified atom stereocenters. The molecular formula is C14H16N2O3S. The van der Waals surface area contributed by atoms with Crippen LogP contribution in [0.1, 0.15) is 5.76 Å². The molecular weight excluding hydrogens is 276 g/mol. The Kier molecular flexibility index (Phi) is 4.57. The van der Waals surface area contributed by atoms with E-state index in [1.165, 1.54) is 11.8 Å². The third-order valence-electron chi connectivity index (χ3n) is 2.67. The molecule has 3 N–H and O–H groups in total. The molecule has 0 aliphatic carbocycles. The van der Waals surface area contributed by atoms with Crippen LogP contribution in [0, 0.1) is 6.92 Å². The molecule has 2 rings (SSSR count). The summed E-state index contributed by atoms with van der Waals surface area (Å²) in [5.41, 5.74) is 6.84. The quantitative estimate of drug-likeness (QED) is 0.654. The van der Waals surface area contributed by atoms with Crippen molar-refractivity contribution in [1.82, 2.24) is 0 Å². The lowest BCUT2D eigenvalue weighted by Crippen LogP contribution is -2.14. The van der Waals surface area contributed by atoms with Crippen molar-refractivity contribution in [2.24, 2.45) is 0 Å². The number of hydrogen-bond donors (Lipinski definition) is 2. The van der Waals surface area contributed by atoms with E-state index in [0.29, 0.717) is 22.9 Å². The summed E-state index contributed by atoms with van der Waals surface area (Å²) >= 11 is 1.42. The number of furan rings is 1. The molecule has 2 aromatic rings. The number of carbonyl (C=O) groups is 1. The maximum Gasteiger partial charge on any atom is 0.234 e. The van der Waals surface area contributed by atoms with Crippen molar-refractivity contribution < 1.29 is 13.9 Å². The van der Waals surface area contributed by atoms with Crippen molar-refractivity contribution in [2.45, 2.75) is 11.8 Å². The van der Waals surface area contributed by atoms with Gasteiger partial charge in [-0.1, -0.05) is 0 Å². The zero-order valence-corrected chi connectivity index (χ0v) is 12.1. The molecule has 0 aliphatic heterocycles. The van der Waals surface area contributed by atoms with Gasteiger partial charge in [0.25, 0.3) is 0 Å². The van der Waals surface area contributed by atoms with Crippen molar-refractivity contribution in [3.8, 4) is 5.75 Å². The lowest BCUT2D eigenvalue weighted by atomic mass is 10.2. The van der Waals surface area contributed by atoms with Crippen LogP contribution in [0.15, 0.2) is 39.8 Å². The van der Waals surface area contributed by atoms with Crippen LogP contribution in [-0.2, 0) is 4.79 Å². The van der Waals surface area contributed by atoms with Gasteiger partial charge in [-0.2, -0.15) is 0 Å². The van der Waals surface area contributed by atoms with E-state index in [-0.39, 0.29) is 5.91 Å². The van der Waals surface area contributed by atoms with Crippen LogP contribution in [0.25, 0.3) is 0 Å². The Bertz CT molecular complexity index is 610. The molecule has 1 aromatic heterocycles. The summed E-state index contributed by atoms with van der Waals surface area (Å²) in [4.78, 5) is 12.9. The maximum atomic E-state index is 11.9. The number of methoxy groups -OCH3 is 1. The first-order chi connectivity index (χ1) is 9.60. The van der Waals surface area contributed by atoms with E-state index in [2.05, 4.69) is 5.32 Å². The minimum atomic E-state index is -0.125. The highest BCUT2D eigenvalue weighted by molar-refractivity contribution is 8.00. The molecule has 0 aliphatic rings. The van der Waals surface area contributed by atoms with Crippen LogP contribution < -0.4 is 15.8 Å². The Balaban J connectivity index is 1.98. The first-order valence-electron chi connectivity index (χ1n) is 6.00. The molecule has 106 valence electrons. The monoisotopic (exact) mass is 292 g/mol. The van der Waals surface area contributed by atoms with Gasteiger partial charge < -0.3 is 20.2 Å². The van der Waals surface area contributed by atoms with Gasteiger partial charge in [-0.25, -0.2) is 0 Å². The van der Waals surface area contributed by atoms with Crippen LogP contribution >= 0.6 is 11.8 Å². The zero-order valence-electron chi connectivity index (χ0n) is 11.3. The fraction of sp³-hybridized carbons (Fsp3) is 0.214. The first kappa shape index (κ1) is 14.3. The number of carbonyl (C=O) groups excluding carboxylic acids is 1. The minimum Gasteiger partial charge on any atom is -0.495 e. The van der Waals surface area contributed by atoms with Crippen LogP contribution in [-0.4, -0.2) is 18.8 Å². The van der Waals surface area contributed by atoms with Gasteiger partial charge in [0, 0.05) is 10.6 Å². The number of anilines is 2. The van der Waals surface area contributed by atoms with Gasteiger partial charge in [0.15, 0.2) is 0 Å². The Labute approximate surface area is 121 Å². The lowest BCUT2D eigenvalue weighted by molar-refractivity contribution is -0.113. The number of nitrogen functional groups attached to an aromatic ring is 1. The average Bonchev–Trinajstić information content (AvgIpc) is 2.82. The number of aryl methyl sites for hydroxylation is 1. The first-order valence-corrected chi connectivity index (χ1v) is 6.99. The Morgan fingerprint density at radius 1 is 1.45 bits per heavy atom. The van der Waals surface area contributed by atoms with Crippen molar-refractivity contribution in [3.63, 3.8) is 0 Å². The summed E-state index contributed by atoms with van der Waals surface area (Å²) in [5.74, 6) is 1.55. The summed E-state index contributed by atoms with van der Waals surface area (Å²) in [7, 11) is 1.55. The van der Waals surface area contributed by atoms with Gasteiger partial charge in [-0.3, -0.25) is 4.79 Å². The molecule has 5 nitrogen and oxygen atoms in total. The Morgan fingerprint density at radius 2 is 2.25 bits per heavy atom. The molecule has 1 aromatic carbocycles. The summed E-state index contributed by atoms with van der Waals surface area (Å²) in [6, 6.07) is 6.95. The summed E-state index contributed by atoms with van der Waals surface area (Å²) in [6.07, 6.45) is 1.61. The normalized spacial score (nSPS) is 10.3. The van der Waals surface area contributed by atoms with Gasteiger partial charge in [0.1, 0.15) is 11.5 Å². The van der Waals surface area contributed by atoms with E-state index >= 15 is 0 Å². The third kappa shape index (κ3) is 3.48. The zero-order chi connectivity index (χ0) is 14.5. The van der Waals surface area contributed by atoms with E-state index in [0.717, 1.165) is 10.7 Å². The largest absolute Gasteiger partial charge is 0.495 e. The van der Waals surface area contributed by atoms with Crippen LogP contribution in [0.2, 0.25) is 0 Å². The molecule has 0 atom stereocenters. The number of amides is 1. The SMILES string of the molecule is COc1ccc(N)cc1NC(=O)CSc1ccoc1C. The molecule has 0 spiro atoms. The van der Waals surface area contributed by atoms with E-state index in [1.807, 2.05) is 13.0 Å². The molecule has 0 radical (unpaired) electrons. The van der Waals surface area contributed by atoms with E-state index in [1.54, 1.807) is 31.6 Å². The van der Waals surface area contributed by atoms with Crippen LogP contribution in [0.3, 0.4) is 0 Å². The van der Waals surface area contributed by atoms with Crippen molar-refractivity contribution in [2.75, 3.05) is 23.9 Å². The van der Waals surface area contributed by atoms with Gasteiger partial charge in [-0.15, -0.1) is 11.8 Å². The van der Waals surface area contributed by atoms with Crippen LogP contribution in [0.5, 0.6) is 5.75 Å². The molecule has 6 heteroatoms. The molecule has 0 saturated heterocycles. The fourth-order valence-corrected chi connectivity index (χ4v) is 2.44. The highest BCUT2D eigenvalue weighted by Crippen LogP contribution is 2.27. The van der Waals surface area contributed by atoms with E-state index in [4.69, 9.17) is 14.9 Å². The molecule has 1 heterocycles. The highest BCUT2D eigenvalue weighted by atomic mass is 32.2. The maximum absolute atomic E-state index is 11.9. The number of rotatable bonds is 5. The topological polar surface area (TPSA) is 77.5 Å². The van der Waals surface area contributed by atoms with E-state index < -0.39 is 0 Å². The minimum absolute atomic E-state index is 0.125. The third-order valence-corrected chi connectivity index (χ3v) is 3.81. The standard InChI is InChI=1S/C14H16N2O3S/c1-9-13(5-6-19-9)20-8-14(17)16-11-7-10(15)3-4-12(11)18-2/h3-7H,8,15H2,1-2H3,(H,16,17). The van der Waals surface area contributed by atoms with Gasteiger partial charge in [-0.05, 0) is 31.2 Å². The number of benzene rings is 1. The van der Waals surface area contributed by atoms with Crippen molar-refractivity contribution in [3.05, 3.63) is 36.3 Å². The Hall–Kier alpha value is -2.08. The average molecular weight is 292 g/mol. The second-order valence-corrected chi connectivity index (χ2v) is 5.15. The fourth-order valence-electron chi connectivity index (χ4n) is 1.68. The lowest BCUT2D eigenvalue weighted by Gasteiger charge is -2.10. The number of nitrogens with two attached hydrogens (primary N) is 1. The summed E-state index contributed by atoms with van der Waals surface area (Å²) in [6.45, 7) is 1.86. The molecule has 20 heavy (non-hydrogen) atoms. The van der Waals surface area contributed by atoms with Crippen LogP contribution in [0.4, 0.5) is 11.4 Å². The van der Waals surface area contributed by atoms with Crippen molar-refractivity contribution in [1.29, 1.82) is 0 Å². The number of hydrogen-bond acceptors (Lipinski definition) is 5. The molecule has 1 amide bonds.